The number of halogens is 3. The maximum atomic E-state index is 12.9. The number of benzene rings is 2. The second kappa shape index (κ2) is 7.64. The number of carbonyl (C=O) groups excluding carboxylic acids is 1. The van der Waals surface area contributed by atoms with E-state index in [1.54, 1.807) is 0 Å². The highest BCUT2D eigenvalue weighted by molar-refractivity contribution is 8.27. The monoisotopic (exact) mass is 425 g/mol. The van der Waals surface area contributed by atoms with E-state index in [1.165, 1.54) is 42.5 Å². The van der Waals surface area contributed by atoms with E-state index in [0.717, 1.165) is 28.8 Å². The van der Waals surface area contributed by atoms with Crippen LogP contribution in [0.3, 0.4) is 0 Å². The number of alkyl halides is 3. The first-order chi connectivity index (χ1) is 13.1. The molecule has 1 heterocycles. The van der Waals surface area contributed by atoms with Crippen LogP contribution in [0.25, 0.3) is 6.08 Å². The molecular formula is C18H10F3NO4S2. The smallest absolute Gasteiger partial charge is 0.449 e. The summed E-state index contributed by atoms with van der Waals surface area (Å²) in [5.74, 6) is -0.429. The van der Waals surface area contributed by atoms with Gasteiger partial charge in [0.1, 0.15) is 5.75 Å². The van der Waals surface area contributed by atoms with Crippen molar-refractivity contribution in [2.75, 3.05) is 4.90 Å². The first-order valence-corrected chi connectivity index (χ1v) is 8.84. The van der Waals surface area contributed by atoms with E-state index in [1.807, 2.05) is 0 Å². The SMILES string of the molecule is O=C(O)Oc1ccc(/C=C2/SC(=S)N(c3cccc(C(F)(F)F)c3)C2=O)cc1. The van der Waals surface area contributed by atoms with Crippen molar-refractivity contribution in [2.45, 2.75) is 6.18 Å². The maximum absolute atomic E-state index is 12.9. The van der Waals surface area contributed by atoms with Crippen molar-refractivity contribution in [2.24, 2.45) is 0 Å². The third-order valence-electron chi connectivity index (χ3n) is 3.61. The highest BCUT2D eigenvalue weighted by atomic mass is 32.2. The molecule has 1 saturated heterocycles. The fourth-order valence-electron chi connectivity index (χ4n) is 2.40. The molecule has 28 heavy (non-hydrogen) atoms. The summed E-state index contributed by atoms with van der Waals surface area (Å²) >= 11 is 6.12. The Hall–Kier alpha value is -2.85. The zero-order chi connectivity index (χ0) is 20.5. The lowest BCUT2D eigenvalue weighted by Crippen LogP contribution is -2.27. The molecule has 0 saturated carbocycles. The van der Waals surface area contributed by atoms with Gasteiger partial charge in [0.2, 0.25) is 0 Å². The second-order valence-corrected chi connectivity index (χ2v) is 7.18. The predicted molar refractivity (Wildman–Crippen MR) is 102 cm³/mol. The number of hydrogen-bond donors (Lipinski definition) is 1. The molecule has 0 aromatic heterocycles. The van der Waals surface area contributed by atoms with Gasteiger partial charge in [-0.15, -0.1) is 0 Å². The Balaban J connectivity index is 1.86. The summed E-state index contributed by atoms with van der Waals surface area (Å²) in [4.78, 5) is 24.4. The van der Waals surface area contributed by atoms with E-state index in [-0.39, 0.29) is 20.7 Å². The van der Waals surface area contributed by atoms with E-state index >= 15 is 0 Å². The van der Waals surface area contributed by atoms with E-state index in [2.05, 4.69) is 4.74 Å². The Bertz CT molecular complexity index is 987. The van der Waals surface area contributed by atoms with E-state index in [0.29, 0.717) is 5.56 Å². The van der Waals surface area contributed by atoms with Crippen molar-refractivity contribution in [3.8, 4) is 5.75 Å². The van der Waals surface area contributed by atoms with Gasteiger partial charge in [0.05, 0.1) is 16.2 Å². The summed E-state index contributed by atoms with van der Waals surface area (Å²) in [7, 11) is 0. The van der Waals surface area contributed by atoms with Gasteiger partial charge in [0, 0.05) is 0 Å². The zero-order valence-corrected chi connectivity index (χ0v) is 15.4. The number of carboxylic acid groups (broad SMARTS) is 1. The number of amides is 1. The predicted octanol–water partition coefficient (Wildman–Crippen LogP) is 5.17. The molecule has 0 bridgehead atoms. The van der Waals surface area contributed by atoms with Gasteiger partial charge >= 0.3 is 12.3 Å². The van der Waals surface area contributed by atoms with E-state index in [4.69, 9.17) is 17.3 Å². The van der Waals surface area contributed by atoms with E-state index in [9.17, 15) is 22.8 Å². The number of thiocarbonyl (C=S) groups is 1. The molecule has 0 atom stereocenters. The number of carbonyl (C=O) groups is 2. The molecule has 2 aromatic carbocycles. The fourth-order valence-corrected chi connectivity index (χ4v) is 3.69. The third-order valence-corrected chi connectivity index (χ3v) is 4.91. The molecule has 1 N–H and O–H groups in total. The highest BCUT2D eigenvalue weighted by Gasteiger charge is 2.36. The molecule has 0 aliphatic carbocycles. The van der Waals surface area contributed by atoms with Crippen LogP contribution in [0.5, 0.6) is 5.75 Å². The van der Waals surface area contributed by atoms with Crippen molar-refractivity contribution in [3.63, 3.8) is 0 Å². The van der Waals surface area contributed by atoms with Crippen LogP contribution in [0, 0.1) is 0 Å². The molecule has 5 nitrogen and oxygen atoms in total. The highest BCUT2D eigenvalue weighted by Crippen LogP contribution is 2.38. The molecule has 1 fully saturated rings. The summed E-state index contributed by atoms with van der Waals surface area (Å²) in [5.41, 5.74) is -0.273. The first-order valence-electron chi connectivity index (χ1n) is 7.61. The van der Waals surface area contributed by atoms with Crippen LogP contribution in [0.2, 0.25) is 0 Å². The Labute approximate surface area is 166 Å². The van der Waals surface area contributed by atoms with Crippen LogP contribution in [0.4, 0.5) is 23.7 Å². The van der Waals surface area contributed by atoms with Gasteiger partial charge in [0.15, 0.2) is 4.32 Å². The summed E-state index contributed by atoms with van der Waals surface area (Å²) < 4.78 is 43.4. The number of nitrogens with zero attached hydrogens (tertiary/aromatic N) is 1. The summed E-state index contributed by atoms with van der Waals surface area (Å²) in [6, 6.07) is 10.3. The number of rotatable bonds is 3. The molecule has 10 heteroatoms. The molecule has 1 aliphatic heterocycles. The molecule has 0 unspecified atom stereocenters. The normalized spacial score (nSPS) is 16.0. The Morgan fingerprint density at radius 2 is 1.86 bits per heavy atom. The number of ether oxygens (including phenoxy) is 1. The largest absolute Gasteiger partial charge is 0.511 e. The van der Waals surface area contributed by atoms with Crippen molar-refractivity contribution in [1.82, 2.24) is 0 Å². The summed E-state index contributed by atoms with van der Waals surface area (Å²) in [5, 5.41) is 8.56. The number of thioether (sulfide) groups is 1. The third kappa shape index (κ3) is 4.34. The number of hydrogen-bond acceptors (Lipinski definition) is 5. The van der Waals surface area contributed by atoms with Gasteiger partial charge in [-0.25, -0.2) is 4.79 Å². The van der Waals surface area contributed by atoms with Gasteiger partial charge in [-0.3, -0.25) is 9.69 Å². The average Bonchev–Trinajstić information content (AvgIpc) is 2.89. The van der Waals surface area contributed by atoms with Gasteiger partial charge < -0.3 is 9.84 Å². The van der Waals surface area contributed by atoms with E-state index < -0.39 is 23.8 Å². The van der Waals surface area contributed by atoms with Crippen LogP contribution in [0.1, 0.15) is 11.1 Å². The maximum Gasteiger partial charge on any atom is 0.511 e. The second-order valence-electron chi connectivity index (χ2n) is 5.50. The zero-order valence-electron chi connectivity index (χ0n) is 13.8. The lowest BCUT2D eigenvalue weighted by Gasteiger charge is -2.16. The quantitative estimate of drug-likeness (QED) is 0.317. The fraction of sp³-hybridized carbons (Fsp3) is 0.0556. The van der Waals surface area contributed by atoms with Crippen LogP contribution in [0.15, 0.2) is 53.4 Å². The molecule has 2 aromatic rings. The lowest BCUT2D eigenvalue weighted by molar-refractivity contribution is -0.137. The summed E-state index contributed by atoms with van der Waals surface area (Å²) in [6.07, 6.45) is -4.47. The molecule has 3 rings (SSSR count). The van der Waals surface area contributed by atoms with Crippen molar-refractivity contribution in [3.05, 3.63) is 64.6 Å². The molecule has 144 valence electrons. The van der Waals surface area contributed by atoms with Gasteiger partial charge in [0.25, 0.3) is 5.91 Å². The van der Waals surface area contributed by atoms with Crippen LogP contribution >= 0.6 is 24.0 Å². The van der Waals surface area contributed by atoms with Crippen molar-refractivity contribution in [1.29, 1.82) is 0 Å². The van der Waals surface area contributed by atoms with Crippen molar-refractivity contribution >= 4 is 52.1 Å². The average molecular weight is 425 g/mol. The standard InChI is InChI=1S/C18H10F3NO4S2/c19-18(20,21)11-2-1-3-12(9-11)22-15(23)14(28-16(22)27)8-10-4-6-13(7-5-10)26-17(24)25/h1-9H,(H,24,25)/b14-8+. The lowest BCUT2D eigenvalue weighted by atomic mass is 10.1. The number of anilines is 1. The Kier molecular flexibility index (Phi) is 5.43. The topological polar surface area (TPSA) is 66.8 Å². The molecule has 0 radical (unpaired) electrons. The minimum atomic E-state index is -4.54. The van der Waals surface area contributed by atoms with Gasteiger partial charge in [-0.1, -0.05) is 42.2 Å². The molecular weight excluding hydrogens is 415 g/mol. The van der Waals surface area contributed by atoms with Crippen LogP contribution < -0.4 is 9.64 Å². The van der Waals surface area contributed by atoms with Crippen LogP contribution in [-0.2, 0) is 11.0 Å². The van der Waals surface area contributed by atoms with Gasteiger partial charge in [-0.05, 0) is 42.0 Å². The minimum Gasteiger partial charge on any atom is -0.449 e. The van der Waals surface area contributed by atoms with Gasteiger partial charge in [-0.2, -0.15) is 13.2 Å². The summed E-state index contributed by atoms with van der Waals surface area (Å²) in [6.45, 7) is 0. The minimum absolute atomic E-state index is 0.0333. The molecule has 1 amide bonds. The first kappa shape index (κ1) is 19.9. The Morgan fingerprint density at radius 3 is 2.46 bits per heavy atom. The van der Waals surface area contributed by atoms with Crippen molar-refractivity contribution < 1.29 is 32.6 Å². The molecule has 1 aliphatic rings. The van der Waals surface area contributed by atoms with Crippen LogP contribution in [-0.4, -0.2) is 21.5 Å². The molecule has 0 spiro atoms. The Morgan fingerprint density at radius 1 is 1.18 bits per heavy atom.